The van der Waals surface area contributed by atoms with Crippen molar-refractivity contribution in [2.24, 2.45) is 0 Å². The molecule has 1 aromatic heterocycles. The molecule has 138 valence electrons. The Morgan fingerprint density at radius 2 is 2.04 bits per heavy atom. The van der Waals surface area contributed by atoms with Crippen LogP contribution in [0.4, 0.5) is 10.5 Å². The van der Waals surface area contributed by atoms with E-state index in [1.54, 1.807) is 6.26 Å². The maximum absolute atomic E-state index is 13.2. The van der Waals surface area contributed by atoms with Crippen LogP contribution in [-0.2, 0) is 13.0 Å². The molecular formula is C22H21BrN2O2. The van der Waals surface area contributed by atoms with E-state index in [9.17, 15) is 4.79 Å². The van der Waals surface area contributed by atoms with Crippen molar-refractivity contribution >= 4 is 27.6 Å². The first kappa shape index (κ1) is 17.9. The van der Waals surface area contributed by atoms with Crippen LogP contribution in [0.5, 0.6) is 0 Å². The fourth-order valence-corrected chi connectivity index (χ4v) is 4.11. The number of carbonyl (C=O) groups excluding carboxylic acids is 1. The molecule has 2 aromatic carbocycles. The van der Waals surface area contributed by atoms with Crippen molar-refractivity contribution in [3.63, 3.8) is 0 Å². The fraction of sp³-hybridized carbons (Fsp3) is 0.227. The summed E-state index contributed by atoms with van der Waals surface area (Å²) in [5, 5.41) is 3.04. The number of halogens is 1. The van der Waals surface area contributed by atoms with Gasteiger partial charge in [0.15, 0.2) is 0 Å². The summed E-state index contributed by atoms with van der Waals surface area (Å²) in [6.07, 6.45) is 4.73. The van der Waals surface area contributed by atoms with Crippen LogP contribution in [0.25, 0.3) is 0 Å². The van der Waals surface area contributed by atoms with Crippen LogP contribution in [0.1, 0.15) is 35.8 Å². The molecule has 0 fully saturated rings. The summed E-state index contributed by atoms with van der Waals surface area (Å²) in [7, 11) is 0. The van der Waals surface area contributed by atoms with E-state index in [1.807, 2.05) is 41.3 Å². The maximum Gasteiger partial charge on any atom is 0.322 e. The Labute approximate surface area is 167 Å². The Kier molecular flexibility index (Phi) is 5.30. The first-order valence-corrected chi connectivity index (χ1v) is 9.93. The first-order valence-electron chi connectivity index (χ1n) is 9.14. The van der Waals surface area contributed by atoms with Gasteiger partial charge in [0, 0.05) is 10.2 Å². The zero-order valence-corrected chi connectivity index (χ0v) is 16.5. The van der Waals surface area contributed by atoms with Crippen molar-refractivity contribution in [3.05, 3.63) is 88.3 Å². The van der Waals surface area contributed by atoms with E-state index in [1.165, 1.54) is 11.1 Å². The van der Waals surface area contributed by atoms with Crippen LogP contribution in [-0.4, -0.2) is 10.9 Å². The SMILES string of the molecule is O=C(Nc1cccc(Br)c1)N(Cc1ccco1)C1CCCc2ccccc21. The molecule has 5 heteroatoms. The number of rotatable bonds is 4. The minimum atomic E-state index is -0.119. The lowest BCUT2D eigenvalue weighted by Gasteiger charge is -2.35. The van der Waals surface area contributed by atoms with E-state index in [4.69, 9.17) is 4.42 Å². The molecule has 4 rings (SSSR count). The Hall–Kier alpha value is -2.53. The average molecular weight is 425 g/mol. The molecule has 0 spiro atoms. The number of hydrogen-bond acceptors (Lipinski definition) is 2. The summed E-state index contributed by atoms with van der Waals surface area (Å²) >= 11 is 3.46. The van der Waals surface area contributed by atoms with E-state index in [0.29, 0.717) is 6.54 Å². The van der Waals surface area contributed by atoms with Crippen LogP contribution in [0, 0.1) is 0 Å². The minimum absolute atomic E-state index is 0.0344. The lowest BCUT2D eigenvalue weighted by Crippen LogP contribution is -2.39. The first-order chi connectivity index (χ1) is 13.2. The quantitative estimate of drug-likeness (QED) is 0.545. The van der Waals surface area contributed by atoms with E-state index in [0.717, 1.165) is 35.2 Å². The summed E-state index contributed by atoms with van der Waals surface area (Å²) in [6.45, 7) is 0.436. The average Bonchev–Trinajstić information content (AvgIpc) is 3.19. The number of nitrogens with zero attached hydrogens (tertiary/aromatic N) is 1. The summed E-state index contributed by atoms with van der Waals surface area (Å²) in [5.74, 6) is 0.780. The lowest BCUT2D eigenvalue weighted by atomic mass is 9.87. The molecule has 2 amide bonds. The highest BCUT2D eigenvalue weighted by Crippen LogP contribution is 2.35. The minimum Gasteiger partial charge on any atom is -0.467 e. The number of furan rings is 1. The van der Waals surface area contributed by atoms with Crippen molar-refractivity contribution in [2.75, 3.05) is 5.32 Å². The zero-order chi connectivity index (χ0) is 18.6. The number of aryl methyl sites for hydroxylation is 1. The van der Waals surface area contributed by atoms with Crippen LogP contribution >= 0.6 is 15.9 Å². The van der Waals surface area contributed by atoms with Crippen molar-refractivity contribution in [2.45, 2.75) is 31.8 Å². The normalized spacial score (nSPS) is 15.8. The van der Waals surface area contributed by atoms with Gasteiger partial charge in [-0.25, -0.2) is 4.79 Å². The second-order valence-electron chi connectivity index (χ2n) is 6.75. The molecule has 0 saturated carbocycles. The summed E-state index contributed by atoms with van der Waals surface area (Å²) < 4.78 is 6.46. The maximum atomic E-state index is 13.2. The molecule has 1 unspecified atom stereocenters. The van der Waals surface area contributed by atoms with Gasteiger partial charge in [-0.15, -0.1) is 0 Å². The number of hydrogen-bond donors (Lipinski definition) is 1. The number of urea groups is 1. The van der Waals surface area contributed by atoms with Crippen molar-refractivity contribution in [3.8, 4) is 0 Å². The van der Waals surface area contributed by atoms with Gasteiger partial charge in [-0.1, -0.05) is 46.3 Å². The predicted octanol–water partition coefficient (Wildman–Crippen LogP) is 6.15. The van der Waals surface area contributed by atoms with E-state index >= 15 is 0 Å². The number of nitrogens with one attached hydrogen (secondary N) is 1. The second kappa shape index (κ2) is 8.01. The Morgan fingerprint density at radius 3 is 2.85 bits per heavy atom. The van der Waals surface area contributed by atoms with Crippen LogP contribution in [0.3, 0.4) is 0 Å². The fourth-order valence-electron chi connectivity index (χ4n) is 3.71. The van der Waals surface area contributed by atoms with Gasteiger partial charge in [0.25, 0.3) is 0 Å². The van der Waals surface area contributed by atoms with Crippen molar-refractivity contribution in [1.29, 1.82) is 0 Å². The largest absolute Gasteiger partial charge is 0.467 e. The Bertz CT molecular complexity index is 924. The highest BCUT2D eigenvalue weighted by Gasteiger charge is 2.30. The monoisotopic (exact) mass is 424 g/mol. The van der Waals surface area contributed by atoms with Crippen LogP contribution < -0.4 is 5.32 Å². The highest BCUT2D eigenvalue weighted by molar-refractivity contribution is 9.10. The van der Waals surface area contributed by atoms with E-state index in [-0.39, 0.29) is 12.1 Å². The van der Waals surface area contributed by atoms with Crippen molar-refractivity contribution < 1.29 is 9.21 Å². The molecule has 0 saturated heterocycles. The molecule has 4 nitrogen and oxygen atoms in total. The van der Waals surface area contributed by atoms with E-state index < -0.39 is 0 Å². The summed E-state index contributed by atoms with van der Waals surface area (Å²) in [4.78, 5) is 15.1. The second-order valence-corrected chi connectivity index (χ2v) is 7.67. The Morgan fingerprint density at radius 1 is 1.15 bits per heavy atom. The molecule has 1 atom stereocenters. The highest BCUT2D eigenvalue weighted by atomic mass is 79.9. The molecule has 1 aliphatic carbocycles. The summed E-state index contributed by atoms with van der Waals surface area (Å²) in [6, 6.07) is 19.7. The number of anilines is 1. The van der Waals surface area contributed by atoms with Crippen LogP contribution in [0.2, 0.25) is 0 Å². The number of amides is 2. The lowest BCUT2D eigenvalue weighted by molar-refractivity contribution is 0.168. The van der Waals surface area contributed by atoms with Gasteiger partial charge in [-0.3, -0.25) is 0 Å². The van der Waals surface area contributed by atoms with Gasteiger partial charge in [-0.2, -0.15) is 0 Å². The van der Waals surface area contributed by atoms with Gasteiger partial charge in [-0.05, 0) is 60.7 Å². The summed E-state index contributed by atoms with van der Waals surface area (Å²) in [5.41, 5.74) is 3.33. The molecule has 1 heterocycles. The third-order valence-corrected chi connectivity index (χ3v) is 5.45. The smallest absolute Gasteiger partial charge is 0.322 e. The molecule has 3 aromatic rings. The van der Waals surface area contributed by atoms with Gasteiger partial charge in [0.1, 0.15) is 5.76 Å². The van der Waals surface area contributed by atoms with Gasteiger partial charge < -0.3 is 14.6 Å². The van der Waals surface area contributed by atoms with Gasteiger partial charge in [0.2, 0.25) is 0 Å². The molecule has 27 heavy (non-hydrogen) atoms. The molecule has 0 bridgehead atoms. The molecule has 1 N–H and O–H groups in total. The number of benzene rings is 2. The van der Waals surface area contributed by atoms with Crippen molar-refractivity contribution in [1.82, 2.24) is 4.90 Å². The Balaban J connectivity index is 1.64. The standard InChI is InChI=1S/C22H21BrN2O2/c23-17-8-4-9-18(14-17)24-22(26)25(15-19-10-5-13-27-19)21-12-3-7-16-6-1-2-11-20(16)21/h1-2,4-6,8-11,13-14,21H,3,7,12,15H2,(H,24,26). The zero-order valence-electron chi connectivity index (χ0n) is 14.9. The molecule has 0 aliphatic heterocycles. The third-order valence-electron chi connectivity index (χ3n) is 4.96. The van der Waals surface area contributed by atoms with E-state index in [2.05, 4.69) is 45.5 Å². The predicted molar refractivity (Wildman–Crippen MR) is 110 cm³/mol. The van der Waals surface area contributed by atoms with Gasteiger partial charge in [0.05, 0.1) is 18.8 Å². The number of fused-ring (bicyclic) bond motifs is 1. The van der Waals surface area contributed by atoms with Crippen LogP contribution in [0.15, 0.2) is 75.8 Å². The third kappa shape index (κ3) is 4.08. The number of carbonyl (C=O) groups is 1. The molecular weight excluding hydrogens is 404 g/mol. The molecule has 0 radical (unpaired) electrons. The molecule has 1 aliphatic rings. The topological polar surface area (TPSA) is 45.5 Å². The van der Waals surface area contributed by atoms with Gasteiger partial charge >= 0.3 is 6.03 Å².